The standard InChI is InChI=1S/C21H21ClN2O4/c1-27-18-10-14-17(11-19(18)28-2)24(12-13-6-3-4-7-15(13)22)21(26)16-8-5-9-23(16)20(14)25/h3-4,6-7,10-11,16H,5,8-9,12H2,1-2H3/t16-/m0/s1. The smallest absolute Gasteiger partial charge is 0.256 e. The van der Waals surface area contributed by atoms with Crippen LogP contribution in [0.1, 0.15) is 28.8 Å². The number of halogens is 1. The first-order valence-corrected chi connectivity index (χ1v) is 9.54. The number of hydrogen-bond acceptors (Lipinski definition) is 4. The molecule has 0 radical (unpaired) electrons. The minimum atomic E-state index is -0.459. The average molecular weight is 401 g/mol. The Kier molecular flexibility index (Phi) is 4.89. The molecule has 0 aliphatic carbocycles. The Morgan fingerprint density at radius 2 is 1.82 bits per heavy atom. The number of ether oxygens (including phenoxy) is 2. The number of carbonyl (C=O) groups is 2. The van der Waals surface area contributed by atoms with Gasteiger partial charge in [-0.15, -0.1) is 0 Å². The van der Waals surface area contributed by atoms with Gasteiger partial charge in [0.25, 0.3) is 5.91 Å². The van der Waals surface area contributed by atoms with Gasteiger partial charge in [0.2, 0.25) is 5.91 Å². The molecule has 2 aromatic carbocycles. The first-order chi connectivity index (χ1) is 13.5. The van der Waals surface area contributed by atoms with Crippen LogP contribution in [0.5, 0.6) is 11.5 Å². The lowest BCUT2D eigenvalue weighted by atomic mass is 10.1. The van der Waals surface area contributed by atoms with Crippen molar-refractivity contribution in [2.45, 2.75) is 25.4 Å². The van der Waals surface area contributed by atoms with Crippen molar-refractivity contribution in [2.75, 3.05) is 25.7 Å². The van der Waals surface area contributed by atoms with Gasteiger partial charge in [0, 0.05) is 17.6 Å². The van der Waals surface area contributed by atoms with E-state index in [-0.39, 0.29) is 18.4 Å². The van der Waals surface area contributed by atoms with Crippen LogP contribution in [0.15, 0.2) is 36.4 Å². The van der Waals surface area contributed by atoms with Crippen molar-refractivity contribution in [1.29, 1.82) is 0 Å². The van der Waals surface area contributed by atoms with Gasteiger partial charge in [-0.05, 0) is 30.5 Å². The highest BCUT2D eigenvalue weighted by molar-refractivity contribution is 6.31. The van der Waals surface area contributed by atoms with Gasteiger partial charge < -0.3 is 19.3 Å². The van der Waals surface area contributed by atoms with Crippen molar-refractivity contribution in [3.05, 3.63) is 52.5 Å². The van der Waals surface area contributed by atoms with E-state index in [0.29, 0.717) is 40.7 Å². The molecule has 146 valence electrons. The molecule has 2 heterocycles. The lowest BCUT2D eigenvalue weighted by Gasteiger charge is -2.26. The van der Waals surface area contributed by atoms with E-state index in [1.165, 1.54) is 14.2 Å². The molecular weight excluding hydrogens is 380 g/mol. The normalized spacial score (nSPS) is 18.6. The molecule has 1 saturated heterocycles. The summed E-state index contributed by atoms with van der Waals surface area (Å²) in [6.07, 6.45) is 1.47. The highest BCUT2D eigenvalue weighted by Crippen LogP contribution is 2.40. The molecule has 2 amide bonds. The van der Waals surface area contributed by atoms with Gasteiger partial charge in [0.05, 0.1) is 32.0 Å². The minimum Gasteiger partial charge on any atom is -0.493 e. The Balaban J connectivity index is 1.88. The Bertz CT molecular complexity index is 946. The zero-order valence-electron chi connectivity index (χ0n) is 15.8. The lowest BCUT2D eigenvalue weighted by molar-refractivity contribution is -0.122. The fourth-order valence-corrected chi connectivity index (χ4v) is 4.14. The van der Waals surface area contributed by atoms with Crippen LogP contribution < -0.4 is 14.4 Å². The second kappa shape index (κ2) is 7.36. The fourth-order valence-electron chi connectivity index (χ4n) is 3.94. The summed E-state index contributed by atoms with van der Waals surface area (Å²) in [6, 6.07) is 10.3. The number of anilines is 1. The monoisotopic (exact) mass is 400 g/mol. The Morgan fingerprint density at radius 3 is 2.54 bits per heavy atom. The Labute approximate surface area is 168 Å². The van der Waals surface area contributed by atoms with Gasteiger partial charge in [-0.3, -0.25) is 9.59 Å². The van der Waals surface area contributed by atoms with Gasteiger partial charge in [-0.1, -0.05) is 29.8 Å². The Hall–Kier alpha value is -2.73. The van der Waals surface area contributed by atoms with Crippen LogP contribution in [0.2, 0.25) is 5.02 Å². The third-order valence-electron chi connectivity index (χ3n) is 5.37. The van der Waals surface area contributed by atoms with Crippen molar-refractivity contribution in [1.82, 2.24) is 4.90 Å². The fraction of sp³-hybridized carbons (Fsp3) is 0.333. The maximum Gasteiger partial charge on any atom is 0.256 e. The second-order valence-electron chi connectivity index (χ2n) is 6.90. The third kappa shape index (κ3) is 2.98. The van der Waals surface area contributed by atoms with Gasteiger partial charge >= 0.3 is 0 Å². The summed E-state index contributed by atoms with van der Waals surface area (Å²) in [6.45, 7) is 0.849. The molecule has 0 spiro atoms. The molecule has 4 rings (SSSR count). The summed E-state index contributed by atoms with van der Waals surface area (Å²) >= 11 is 6.35. The predicted molar refractivity (Wildman–Crippen MR) is 106 cm³/mol. The summed E-state index contributed by atoms with van der Waals surface area (Å²) in [4.78, 5) is 30.0. The summed E-state index contributed by atoms with van der Waals surface area (Å²) in [5.41, 5.74) is 1.77. The molecule has 0 N–H and O–H groups in total. The number of rotatable bonds is 4. The largest absolute Gasteiger partial charge is 0.493 e. The molecule has 0 unspecified atom stereocenters. The van der Waals surface area contributed by atoms with Gasteiger partial charge in [0.15, 0.2) is 11.5 Å². The minimum absolute atomic E-state index is 0.100. The van der Waals surface area contributed by atoms with E-state index in [4.69, 9.17) is 21.1 Å². The van der Waals surface area contributed by atoms with Crippen LogP contribution in [-0.4, -0.2) is 43.5 Å². The molecule has 2 aliphatic heterocycles. The highest BCUT2D eigenvalue weighted by atomic mass is 35.5. The molecule has 1 fully saturated rings. The first kappa shape index (κ1) is 18.6. The van der Waals surface area contributed by atoms with Crippen molar-refractivity contribution >= 4 is 29.1 Å². The lowest BCUT2D eigenvalue weighted by Crippen LogP contribution is -2.44. The molecule has 1 atom stereocenters. The van der Waals surface area contributed by atoms with Crippen LogP contribution in [0, 0.1) is 0 Å². The number of benzene rings is 2. The topological polar surface area (TPSA) is 59.1 Å². The predicted octanol–water partition coefficient (Wildman–Crippen LogP) is 3.51. The van der Waals surface area contributed by atoms with Gasteiger partial charge in [-0.2, -0.15) is 0 Å². The summed E-state index contributed by atoms with van der Waals surface area (Å²) in [7, 11) is 3.05. The number of fused-ring (bicyclic) bond motifs is 2. The molecule has 7 heteroatoms. The number of carbonyl (C=O) groups excluding carboxylic acids is 2. The van der Waals surface area contributed by atoms with Gasteiger partial charge in [0.1, 0.15) is 6.04 Å². The molecule has 2 aromatic rings. The third-order valence-corrected chi connectivity index (χ3v) is 5.74. The summed E-state index contributed by atoms with van der Waals surface area (Å²) in [5, 5.41) is 0.580. The van der Waals surface area contributed by atoms with Crippen LogP contribution in [0.4, 0.5) is 5.69 Å². The molecular formula is C21H21ClN2O4. The number of nitrogens with zero attached hydrogens (tertiary/aromatic N) is 2. The zero-order valence-corrected chi connectivity index (χ0v) is 16.5. The van der Waals surface area contributed by atoms with Crippen LogP contribution in [0.3, 0.4) is 0 Å². The highest BCUT2D eigenvalue weighted by Gasteiger charge is 2.42. The van der Waals surface area contributed by atoms with E-state index in [1.54, 1.807) is 28.0 Å². The molecule has 6 nitrogen and oxygen atoms in total. The zero-order chi connectivity index (χ0) is 19.8. The van der Waals surface area contributed by atoms with Crippen LogP contribution >= 0.6 is 11.6 Å². The number of amides is 2. The quantitative estimate of drug-likeness (QED) is 0.788. The van der Waals surface area contributed by atoms with Gasteiger partial charge in [-0.25, -0.2) is 0 Å². The second-order valence-corrected chi connectivity index (χ2v) is 7.30. The maximum atomic E-state index is 13.4. The van der Waals surface area contributed by atoms with E-state index in [1.807, 2.05) is 18.2 Å². The van der Waals surface area contributed by atoms with Crippen LogP contribution in [-0.2, 0) is 11.3 Å². The van der Waals surface area contributed by atoms with E-state index in [2.05, 4.69) is 0 Å². The molecule has 0 saturated carbocycles. The van der Waals surface area contributed by atoms with Crippen LogP contribution in [0.25, 0.3) is 0 Å². The van der Waals surface area contributed by atoms with Crippen molar-refractivity contribution in [3.8, 4) is 11.5 Å². The number of hydrogen-bond donors (Lipinski definition) is 0. The van der Waals surface area contributed by atoms with E-state index in [0.717, 1.165) is 12.0 Å². The molecule has 2 aliphatic rings. The molecule has 0 aromatic heterocycles. The summed E-state index contributed by atoms with van der Waals surface area (Å²) < 4.78 is 10.8. The van der Waals surface area contributed by atoms with E-state index < -0.39 is 6.04 Å². The maximum absolute atomic E-state index is 13.4. The van der Waals surface area contributed by atoms with Crippen molar-refractivity contribution < 1.29 is 19.1 Å². The average Bonchev–Trinajstić information content (AvgIpc) is 3.18. The first-order valence-electron chi connectivity index (χ1n) is 9.17. The summed E-state index contributed by atoms with van der Waals surface area (Å²) in [5.74, 6) is 0.663. The number of methoxy groups -OCH3 is 2. The molecule has 0 bridgehead atoms. The van der Waals surface area contributed by atoms with Crippen molar-refractivity contribution in [2.24, 2.45) is 0 Å². The van der Waals surface area contributed by atoms with Crippen molar-refractivity contribution in [3.63, 3.8) is 0 Å². The van der Waals surface area contributed by atoms with E-state index >= 15 is 0 Å². The van der Waals surface area contributed by atoms with E-state index in [9.17, 15) is 9.59 Å². The molecule has 28 heavy (non-hydrogen) atoms. The SMILES string of the molecule is COc1cc2c(cc1OC)N(Cc1ccccc1Cl)C(=O)[C@@H]1CCCN1C2=O. The Morgan fingerprint density at radius 1 is 1.11 bits per heavy atom.